The summed E-state index contributed by atoms with van der Waals surface area (Å²) in [5.41, 5.74) is -0.182. The monoisotopic (exact) mass is 380 g/mol. The Morgan fingerprint density at radius 1 is 1.07 bits per heavy atom. The fourth-order valence-electron chi connectivity index (χ4n) is 4.47. The van der Waals surface area contributed by atoms with Gasteiger partial charge >= 0.3 is 5.97 Å². The molecule has 0 radical (unpaired) electrons. The van der Waals surface area contributed by atoms with E-state index in [9.17, 15) is 19.5 Å². The van der Waals surface area contributed by atoms with Gasteiger partial charge in [0, 0.05) is 18.0 Å². The fourth-order valence-corrected chi connectivity index (χ4v) is 4.47. The van der Waals surface area contributed by atoms with Crippen molar-refractivity contribution in [2.24, 2.45) is 11.8 Å². The first-order valence-electron chi connectivity index (χ1n) is 9.00. The molecule has 2 aromatic carbocycles. The van der Waals surface area contributed by atoms with Gasteiger partial charge < -0.3 is 9.84 Å². The lowest BCUT2D eigenvalue weighted by molar-refractivity contribution is -0.149. The molecule has 3 N–H and O–H groups in total. The molecule has 0 saturated carbocycles. The van der Waals surface area contributed by atoms with Crippen molar-refractivity contribution in [3.63, 3.8) is 0 Å². The number of aliphatic carboxylic acids is 1. The number of imide groups is 1. The van der Waals surface area contributed by atoms with E-state index in [1.807, 2.05) is 30.3 Å². The predicted octanol–water partition coefficient (Wildman–Crippen LogP) is 1.29. The van der Waals surface area contributed by atoms with Crippen molar-refractivity contribution < 1.29 is 24.2 Å². The molecule has 4 rings (SSSR count). The predicted molar refractivity (Wildman–Crippen MR) is 99.5 cm³/mol. The molecule has 2 heterocycles. The van der Waals surface area contributed by atoms with Crippen LogP contribution in [0.15, 0.2) is 54.6 Å². The van der Waals surface area contributed by atoms with Gasteiger partial charge in [-0.25, -0.2) is 0 Å². The lowest BCUT2D eigenvalue weighted by Gasteiger charge is -2.30. The van der Waals surface area contributed by atoms with E-state index < -0.39 is 41.2 Å². The van der Waals surface area contributed by atoms with Gasteiger partial charge in [-0.3, -0.25) is 25.0 Å². The average molecular weight is 380 g/mol. The number of benzene rings is 2. The maximum absolute atomic E-state index is 12.6. The molecule has 2 aromatic rings. The number of hydrogen-bond donors (Lipinski definition) is 3. The molecule has 2 aliphatic heterocycles. The highest BCUT2D eigenvalue weighted by Gasteiger charge is 2.66. The number of fused-ring (bicyclic) bond motifs is 1. The molecule has 2 amide bonds. The topological polar surface area (TPSA) is 105 Å². The second kappa shape index (κ2) is 6.76. The van der Waals surface area contributed by atoms with E-state index in [0.717, 1.165) is 5.56 Å². The highest BCUT2D eigenvalue weighted by atomic mass is 16.5. The number of ether oxygens (including phenoxy) is 1. The lowest BCUT2D eigenvalue weighted by atomic mass is 9.76. The number of carboxylic acid groups (broad SMARTS) is 1. The van der Waals surface area contributed by atoms with E-state index in [4.69, 9.17) is 4.74 Å². The summed E-state index contributed by atoms with van der Waals surface area (Å²) in [6.45, 7) is 0. The van der Waals surface area contributed by atoms with Crippen LogP contribution in [0.3, 0.4) is 0 Å². The third-order valence-electron chi connectivity index (χ3n) is 5.68. The van der Waals surface area contributed by atoms with Gasteiger partial charge in [-0.2, -0.15) is 0 Å². The van der Waals surface area contributed by atoms with Gasteiger partial charge in [0.15, 0.2) is 0 Å². The van der Waals surface area contributed by atoms with Crippen LogP contribution in [0.4, 0.5) is 0 Å². The maximum atomic E-state index is 12.6. The molecule has 144 valence electrons. The number of hydrogen-bond acceptors (Lipinski definition) is 5. The van der Waals surface area contributed by atoms with Crippen LogP contribution in [0.25, 0.3) is 0 Å². The summed E-state index contributed by atoms with van der Waals surface area (Å²) < 4.78 is 5.41. The van der Waals surface area contributed by atoms with Crippen molar-refractivity contribution in [1.29, 1.82) is 0 Å². The molecule has 4 atom stereocenters. The normalized spacial score (nSPS) is 28.7. The van der Waals surface area contributed by atoms with Gasteiger partial charge in [-0.05, 0) is 11.6 Å². The van der Waals surface area contributed by atoms with Crippen LogP contribution in [0.1, 0.15) is 17.2 Å². The van der Waals surface area contributed by atoms with Crippen molar-refractivity contribution in [3.8, 4) is 5.75 Å². The van der Waals surface area contributed by atoms with Gasteiger partial charge in [0.1, 0.15) is 11.3 Å². The molecule has 0 bridgehead atoms. The first kappa shape index (κ1) is 18.2. The van der Waals surface area contributed by atoms with Gasteiger partial charge in [0.25, 0.3) is 0 Å². The van der Waals surface area contributed by atoms with Crippen LogP contribution < -0.4 is 15.4 Å². The van der Waals surface area contributed by atoms with E-state index in [1.165, 1.54) is 7.11 Å². The second-order valence-corrected chi connectivity index (χ2v) is 7.16. The molecule has 0 aromatic heterocycles. The summed E-state index contributed by atoms with van der Waals surface area (Å²) in [6.07, 6.45) is 0.0800. The number of nitrogens with one attached hydrogen (secondary N) is 2. The molecule has 28 heavy (non-hydrogen) atoms. The number of para-hydroxylation sites is 1. The Balaban J connectivity index is 1.84. The Labute approximate surface area is 161 Å². The van der Waals surface area contributed by atoms with E-state index in [2.05, 4.69) is 10.6 Å². The third kappa shape index (κ3) is 2.66. The largest absolute Gasteiger partial charge is 0.496 e. The smallest absolute Gasteiger partial charge is 0.325 e. The number of carbonyl (C=O) groups excluding carboxylic acids is 2. The van der Waals surface area contributed by atoms with Crippen LogP contribution in [-0.2, 0) is 20.8 Å². The summed E-state index contributed by atoms with van der Waals surface area (Å²) in [5.74, 6) is -3.50. The van der Waals surface area contributed by atoms with Gasteiger partial charge in [-0.15, -0.1) is 0 Å². The Morgan fingerprint density at radius 3 is 2.43 bits per heavy atom. The highest BCUT2D eigenvalue weighted by Crippen LogP contribution is 2.49. The molecular weight excluding hydrogens is 360 g/mol. The van der Waals surface area contributed by atoms with Crippen molar-refractivity contribution in [3.05, 3.63) is 65.7 Å². The highest BCUT2D eigenvalue weighted by molar-refractivity contribution is 6.09. The molecule has 2 fully saturated rings. The van der Waals surface area contributed by atoms with Gasteiger partial charge in [0.05, 0.1) is 18.9 Å². The van der Waals surface area contributed by atoms with Gasteiger partial charge in [0.2, 0.25) is 11.8 Å². The molecule has 2 saturated heterocycles. The van der Waals surface area contributed by atoms with Crippen LogP contribution >= 0.6 is 0 Å². The van der Waals surface area contributed by atoms with Crippen LogP contribution in [0.2, 0.25) is 0 Å². The van der Waals surface area contributed by atoms with E-state index >= 15 is 0 Å². The van der Waals surface area contributed by atoms with Crippen LogP contribution in [-0.4, -0.2) is 35.5 Å². The minimum Gasteiger partial charge on any atom is -0.496 e. The minimum absolute atomic E-state index is 0.0800. The zero-order chi connectivity index (χ0) is 19.9. The summed E-state index contributed by atoms with van der Waals surface area (Å²) in [4.78, 5) is 37.7. The molecule has 0 aliphatic carbocycles. The summed E-state index contributed by atoms with van der Waals surface area (Å²) in [6, 6.07) is 15.5. The Kier molecular flexibility index (Phi) is 4.39. The SMILES string of the molecule is COc1ccccc1C1NC(Cc2ccccc2)(C(=O)O)C2C(=O)NC(=O)C12. The Bertz CT molecular complexity index is 945. The Morgan fingerprint density at radius 2 is 1.75 bits per heavy atom. The Hall–Kier alpha value is -3.19. The molecular formula is C21H20N2O5. The molecule has 0 spiro atoms. The maximum Gasteiger partial charge on any atom is 0.325 e. The quantitative estimate of drug-likeness (QED) is 0.676. The van der Waals surface area contributed by atoms with E-state index in [1.54, 1.807) is 24.3 Å². The first-order valence-corrected chi connectivity index (χ1v) is 9.00. The number of rotatable bonds is 5. The summed E-state index contributed by atoms with van der Waals surface area (Å²) in [5, 5.41) is 15.7. The third-order valence-corrected chi connectivity index (χ3v) is 5.68. The number of methoxy groups -OCH3 is 1. The van der Waals surface area contributed by atoms with Crippen molar-refractivity contribution >= 4 is 17.8 Å². The fraction of sp³-hybridized carbons (Fsp3) is 0.286. The molecule has 2 aliphatic rings. The van der Waals surface area contributed by atoms with Crippen LogP contribution in [0.5, 0.6) is 5.75 Å². The van der Waals surface area contributed by atoms with Crippen molar-refractivity contribution in [1.82, 2.24) is 10.6 Å². The zero-order valence-corrected chi connectivity index (χ0v) is 15.2. The number of amides is 2. The molecule has 7 nitrogen and oxygen atoms in total. The standard InChI is InChI=1S/C21H20N2O5/c1-28-14-10-6-5-9-13(14)17-15-16(19(25)22-18(15)24)21(23-17,20(26)27)11-12-7-3-2-4-8-12/h2-10,15-17,23H,11H2,1H3,(H,26,27)(H,22,24,25). The number of carboxylic acids is 1. The molecule has 7 heteroatoms. The van der Waals surface area contributed by atoms with E-state index in [0.29, 0.717) is 11.3 Å². The van der Waals surface area contributed by atoms with Gasteiger partial charge in [-0.1, -0.05) is 48.5 Å². The van der Waals surface area contributed by atoms with Crippen LogP contribution in [0, 0.1) is 11.8 Å². The average Bonchev–Trinajstić information content (AvgIpc) is 3.19. The minimum atomic E-state index is -1.60. The lowest BCUT2D eigenvalue weighted by Crippen LogP contribution is -2.57. The summed E-state index contributed by atoms with van der Waals surface area (Å²) >= 11 is 0. The second-order valence-electron chi connectivity index (χ2n) is 7.16. The van der Waals surface area contributed by atoms with Crippen molar-refractivity contribution in [2.45, 2.75) is 18.0 Å². The van der Waals surface area contributed by atoms with E-state index in [-0.39, 0.29) is 6.42 Å². The number of carbonyl (C=O) groups is 3. The first-order chi connectivity index (χ1) is 13.5. The van der Waals surface area contributed by atoms with Crippen molar-refractivity contribution in [2.75, 3.05) is 7.11 Å². The molecule has 4 unspecified atom stereocenters. The zero-order valence-electron chi connectivity index (χ0n) is 15.2. The summed E-state index contributed by atoms with van der Waals surface area (Å²) in [7, 11) is 1.51.